The number of halogens is 3. The first-order valence-electron chi connectivity index (χ1n) is 4.92. The van der Waals surface area contributed by atoms with E-state index >= 15 is 0 Å². The largest absolute Gasteiger partial charge is 0.481 e. The summed E-state index contributed by atoms with van der Waals surface area (Å²) in [5.41, 5.74) is -3.42. The molecule has 1 aromatic heterocycles. The van der Waals surface area contributed by atoms with Gasteiger partial charge < -0.3 is 10.1 Å². The van der Waals surface area contributed by atoms with Gasteiger partial charge in [-0.05, 0) is 17.8 Å². The van der Waals surface area contributed by atoms with Crippen LogP contribution in [-0.4, -0.2) is 29.9 Å². The quantitative estimate of drug-likeness (QED) is 0.802. The minimum absolute atomic E-state index is 0.00648. The zero-order valence-electron chi connectivity index (χ0n) is 9.25. The van der Waals surface area contributed by atoms with E-state index in [9.17, 15) is 13.2 Å². The normalized spacial score (nSPS) is 11.5. The van der Waals surface area contributed by atoms with Crippen molar-refractivity contribution in [3.8, 4) is 5.88 Å². The van der Waals surface area contributed by atoms with Crippen LogP contribution in [0.4, 0.5) is 13.2 Å². The summed E-state index contributed by atoms with van der Waals surface area (Å²) in [6, 6.07) is 5.28. The number of pyridine rings is 1. The standard InChI is InChI=1S/C10H13F3N2OS/c1-16-9-4-2-3-8(15-9)7-14-5-6-17-10(11,12)13/h2-4,14H,5-7H2,1H3. The van der Waals surface area contributed by atoms with Crippen LogP contribution >= 0.6 is 11.8 Å². The number of methoxy groups -OCH3 is 1. The van der Waals surface area contributed by atoms with Crippen LogP contribution in [0.1, 0.15) is 5.69 Å². The maximum Gasteiger partial charge on any atom is 0.441 e. The van der Waals surface area contributed by atoms with E-state index < -0.39 is 5.51 Å². The Balaban J connectivity index is 2.22. The van der Waals surface area contributed by atoms with Crippen molar-refractivity contribution in [1.82, 2.24) is 10.3 Å². The van der Waals surface area contributed by atoms with Gasteiger partial charge in [-0.1, -0.05) is 6.07 Å². The summed E-state index contributed by atoms with van der Waals surface area (Å²) < 4.78 is 40.4. The van der Waals surface area contributed by atoms with Gasteiger partial charge >= 0.3 is 5.51 Å². The Hall–Kier alpha value is -0.950. The van der Waals surface area contributed by atoms with Gasteiger partial charge in [-0.15, -0.1) is 0 Å². The molecular formula is C10H13F3N2OS. The summed E-state index contributed by atoms with van der Waals surface area (Å²) in [6.07, 6.45) is 0. The third-order valence-electron chi connectivity index (χ3n) is 1.84. The third kappa shape index (κ3) is 6.38. The predicted molar refractivity (Wildman–Crippen MR) is 61.0 cm³/mol. The predicted octanol–water partition coefficient (Wildman–Crippen LogP) is 2.43. The number of nitrogens with one attached hydrogen (secondary N) is 1. The van der Waals surface area contributed by atoms with Crippen molar-refractivity contribution in [3.05, 3.63) is 23.9 Å². The molecule has 96 valence electrons. The first-order valence-corrected chi connectivity index (χ1v) is 5.91. The Morgan fingerprint density at radius 1 is 1.41 bits per heavy atom. The molecule has 3 nitrogen and oxygen atoms in total. The molecule has 0 radical (unpaired) electrons. The molecule has 1 rings (SSSR count). The van der Waals surface area contributed by atoms with E-state index in [0.717, 1.165) is 5.69 Å². The number of hydrogen-bond donors (Lipinski definition) is 1. The highest BCUT2D eigenvalue weighted by Gasteiger charge is 2.27. The van der Waals surface area contributed by atoms with E-state index in [4.69, 9.17) is 4.74 Å². The van der Waals surface area contributed by atoms with Gasteiger partial charge in [0, 0.05) is 24.9 Å². The van der Waals surface area contributed by atoms with Gasteiger partial charge in [0.2, 0.25) is 5.88 Å². The molecule has 17 heavy (non-hydrogen) atoms. The van der Waals surface area contributed by atoms with Crippen molar-refractivity contribution >= 4 is 11.8 Å². The van der Waals surface area contributed by atoms with Crippen LogP contribution in [0, 0.1) is 0 Å². The monoisotopic (exact) mass is 266 g/mol. The fourth-order valence-corrected chi connectivity index (χ4v) is 1.60. The van der Waals surface area contributed by atoms with Crippen molar-refractivity contribution in [2.75, 3.05) is 19.4 Å². The molecule has 0 aromatic carbocycles. The van der Waals surface area contributed by atoms with Gasteiger partial charge in [0.1, 0.15) is 0 Å². The second-order valence-corrected chi connectivity index (χ2v) is 4.30. The average Bonchev–Trinajstić information content (AvgIpc) is 2.27. The lowest BCUT2D eigenvalue weighted by Gasteiger charge is -2.07. The highest BCUT2D eigenvalue weighted by Crippen LogP contribution is 2.29. The van der Waals surface area contributed by atoms with Crippen LogP contribution in [0.5, 0.6) is 5.88 Å². The van der Waals surface area contributed by atoms with E-state index in [1.807, 2.05) is 0 Å². The van der Waals surface area contributed by atoms with E-state index in [-0.39, 0.29) is 24.1 Å². The summed E-state index contributed by atoms with van der Waals surface area (Å²) >= 11 is -0.0312. The van der Waals surface area contributed by atoms with Gasteiger partial charge in [-0.25, -0.2) is 4.98 Å². The molecule has 1 N–H and O–H groups in total. The van der Waals surface area contributed by atoms with Gasteiger partial charge in [0.15, 0.2) is 0 Å². The molecule has 0 aliphatic carbocycles. The van der Waals surface area contributed by atoms with Crippen LogP contribution in [0.15, 0.2) is 18.2 Å². The molecule has 0 bridgehead atoms. The minimum Gasteiger partial charge on any atom is -0.481 e. The topological polar surface area (TPSA) is 34.1 Å². The summed E-state index contributed by atoms with van der Waals surface area (Å²) in [6.45, 7) is 0.707. The van der Waals surface area contributed by atoms with Crippen molar-refractivity contribution in [2.24, 2.45) is 0 Å². The highest BCUT2D eigenvalue weighted by atomic mass is 32.2. The smallest absolute Gasteiger partial charge is 0.441 e. The number of ether oxygens (including phenoxy) is 1. The molecule has 1 aromatic rings. The fourth-order valence-electron chi connectivity index (χ4n) is 1.13. The zero-order valence-corrected chi connectivity index (χ0v) is 10.1. The molecule has 0 fully saturated rings. The number of nitrogens with zero attached hydrogens (tertiary/aromatic N) is 1. The van der Waals surface area contributed by atoms with Crippen LogP contribution in [-0.2, 0) is 6.54 Å². The van der Waals surface area contributed by atoms with Crippen LogP contribution < -0.4 is 10.1 Å². The Kier molecular flexibility index (Phi) is 5.57. The van der Waals surface area contributed by atoms with Crippen LogP contribution in [0.3, 0.4) is 0 Å². The average molecular weight is 266 g/mol. The number of hydrogen-bond acceptors (Lipinski definition) is 4. The SMILES string of the molecule is COc1cccc(CNCCSC(F)(F)F)n1. The Morgan fingerprint density at radius 2 is 2.18 bits per heavy atom. The summed E-state index contributed by atoms with van der Waals surface area (Å²) in [7, 11) is 1.51. The van der Waals surface area contributed by atoms with Crippen molar-refractivity contribution < 1.29 is 17.9 Å². The summed E-state index contributed by atoms with van der Waals surface area (Å²) in [4.78, 5) is 4.12. The van der Waals surface area contributed by atoms with E-state index in [2.05, 4.69) is 10.3 Å². The molecule has 0 aliphatic heterocycles. The molecule has 0 atom stereocenters. The van der Waals surface area contributed by atoms with Crippen molar-refractivity contribution in [1.29, 1.82) is 0 Å². The Morgan fingerprint density at radius 3 is 2.82 bits per heavy atom. The highest BCUT2D eigenvalue weighted by molar-refractivity contribution is 8.00. The summed E-state index contributed by atoms with van der Waals surface area (Å²) in [5, 5.41) is 2.89. The van der Waals surface area contributed by atoms with Crippen molar-refractivity contribution in [2.45, 2.75) is 12.1 Å². The Bertz CT molecular complexity index is 347. The first-order chi connectivity index (χ1) is 8.01. The Labute approximate surface area is 102 Å². The van der Waals surface area contributed by atoms with Crippen molar-refractivity contribution in [3.63, 3.8) is 0 Å². The summed E-state index contributed by atoms with van der Waals surface area (Å²) in [5.74, 6) is 0.488. The maximum atomic E-state index is 11.8. The fraction of sp³-hybridized carbons (Fsp3) is 0.500. The third-order valence-corrected chi connectivity index (χ3v) is 2.58. The first kappa shape index (κ1) is 14.1. The number of thioether (sulfide) groups is 1. The van der Waals surface area contributed by atoms with Gasteiger partial charge in [0.25, 0.3) is 0 Å². The van der Waals surface area contributed by atoms with Gasteiger partial charge in [-0.3, -0.25) is 0 Å². The van der Waals surface area contributed by atoms with Gasteiger partial charge in [-0.2, -0.15) is 13.2 Å². The lowest BCUT2D eigenvalue weighted by molar-refractivity contribution is -0.0327. The molecule has 0 saturated heterocycles. The molecule has 0 amide bonds. The van der Waals surface area contributed by atoms with E-state index in [0.29, 0.717) is 12.4 Å². The minimum atomic E-state index is -4.16. The van der Waals surface area contributed by atoms with Crippen LogP contribution in [0.2, 0.25) is 0 Å². The van der Waals surface area contributed by atoms with E-state index in [1.54, 1.807) is 18.2 Å². The molecule has 0 saturated carbocycles. The number of aromatic nitrogens is 1. The maximum absolute atomic E-state index is 11.8. The zero-order chi connectivity index (χ0) is 12.7. The second kappa shape index (κ2) is 6.70. The molecule has 0 spiro atoms. The molecule has 1 heterocycles. The molecule has 7 heteroatoms. The molecule has 0 unspecified atom stereocenters. The lowest BCUT2D eigenvalue weighted by atomic mass is 10.3. The molecule has 0 aliphatic rings. The van der Waals surface area contributed by atoms with E-state index in [1.165, 1.54) is 7.11 Å². The second-order valence-electron chi connectivity index (χ2n) is 3.14. The number of alkyl halides is 3. The van der Waals surface area contributed by atoms with Crippen LogP contribution in [0.25, 0.3) is 0 Å². The van der Waals surface area contributed by atoms with Gasteiger partial charge in [0.05, 0.1) is 12.8 Å². The molecular weight excluding hydrogens is 253 g/mol. The number of rotatable bonds is 6. The lowest BCUT2D eigenvalue weighted by Crippen LogP contribution is -2.19.